The van der Waals surface area contributed by atoms with Gasteiger partial charge in [-0.2, -0.15) is 11.3 Å². The standard InChI is InChI=1S/C20H30BrN5OS.C20H24ClN5S.C4H4BClO2S.H4N4/c1-14-16(21)17-22-10-13-26(17)18(23-14)25-11-8-20(9-12-25)7-5-6-15(20)24-28(27)19(2,3)4;1-13-16(17-14(21)4-12-27-17)18-23-8-11-26(18)19(24-13)25-9-6-20(7-10-25)5-2-3-15(20)22;6-3-1-2-9-4(3)5(7)8;1-3-4-2/h10,13,15,24H,5-9,11-12H2,1-4H3;4,8,11-12,15H,2-3,5-7,9-10,22H2,1H3;1-2,7-8H;(H2,1,4)(H2,2,3)/t15-,28-;15-;;/m11../s1. The Labute approximate surface area is 427 Å². The normalized spacial score (nSPS) is 20.3. The fourth-order valence-corrected chi connectivity index (χ4v) is 13.7. The van der Waals surface area contributed by atoms with Crippen LogP contribution < -0.4 is 36.7 Å². The zero-order chi connectivity index (χ0) is 49.0. The van der Waals surface area contributed by atoms with Crippen LogP contribution >= 0.6 is 61.8 Å². The predicted molar refractivity (Wildman–Crippen MR) is 282 cm³/mol. The Morgan fingerprint density at radius 1 is 0.824 bits per heavy atom. The molecule has 3 atom stereocenters. The molecule has 2 aliphatic carbocycles. The summed E-state index contributed by atoms with van der Waals surface area (Å²) in [7, 11) is -2.44. The van der Waals surface area contributed by atoms with Crippen LogP contribution in [-0.4, -0.2) is 93.1 Å². The summed E-state index contributed by atoms with van der Waals surface area (Å²) >= 11 is 18.4. The van der Waals surface area contributed by atoms with E-state index in [4.69, 9.17) is 49.0 Å². The number of anilines is 2. The molecule has 24 heteroatoms. The highest BCUT2D eigenvalue weighted by Gasteiger charge is 2.47. The lowest BCUT2D eigenvalue weighted by molar-refractivity contribution is 0.187. The SMILES string of the molecule is Cc1nc(N2CCC3(CCC[C@H]3N)CC2)n2ccnc2c1-c1sccc1Cl.Cc1nc(N2CCC3(CCC[C@H]3N[S@](=O)C(C)(C)C)CC2)n2ccnc2c1Br.N/N=N/N.OB(O)c1sccc1Cl. The number of nitrogens with zero attached hydrogens (tertiary/aromatic N) is 10. The minimum Gasteiger partial charge on any atom is -0.423 e. The molecule has 2 spiro atoms. The summed E-state index contributed by atoms with van der Waals surface area (Å²) < 4.78 is 21.5. The number of rotatable bonds is 6. The fourth-order valence-electron chi connectivity index (χ4n) is 10.1. The number of nitrogens with two attached hydrogens (primary N) is 3. The van der Waals surface area contributed by atoms with Crippen LogP contribution in [0.25, 0.3) is 21.7 Å². The first-order chi connectivity index (χ1) is 32.4. The molecule has 68 heavy (non-hydrogen) atoms. The first kappa shape index (κ1) is 52.4. The third kappa shape index (κ3) is 11.2. The van der Waals surface area contributed by atoms with Gasteiger partial charge >= 0.3 is 7.12 Å². The van der Waals surface area contributed by atoms with Crippen molar-refractivity contribution in [2.45, 2.75) is 116 Å². The number of aromatic nitrogens is 6. The van der Waals surface area contributed by atoms with Crippen LogP contribution in [0.5, 0.6) is 0 Å². The monoisotopic (exact) mass is 1090 g/mol. The number of halogens is 3. The summed E-state index contributed by atoms with van der Waals surface area (Å²) in [6.45, 7) is 14.2. The molecule has 0 amide bonds. The fraction of sp³-hybridized carbons (Fsp3) is 0.545. The Balaban J connectivity index is 0.000000160. The van der Waals surface area contributed by atoms with Gasteiger partial charge in [0.25, 0.3) is 0 Å². The highest BCUT2D eigenvalue weighted by molar-refractivity contribution is 9.10. The second kappa shape index (κ2) is 22.3. The highest BCUT2D eigenvalue weighted by Crippen LogP contribution is 2.48. The van der Waals surface area contributed by atoms with Gasteiger partial charge in [0, 0.05) is 63.1 Å². The number of imidazole rings is 2. The molecular weight excluding hydrogens is 1030 g/mol. The Kier molecular flexibility index (Phi) is 17.2. The summed E-state index contributed by atoms with van der Waals surface area (Å²) in [6, 6.07) is 4.28. The number of aryl methyl sites for hydroxylation is 2. The maximum atomic E-state index is 12.7. The zero-order valence-electron chi connectivity index (χ0n) is 39.1. The molecule has 0 unspecified atom stereocenters. The molecule has 9 N–H and O–H groups in total. The van der Waals surface area contributed by atoms with E-state index in [9.17, 15) is 4.21 Å². The summed E-state index contributed by atoms with van der Waals surface area (Å²) in [6.07, 6.45) is 19.5. The van der Waals surface area contributed by atoms with Crippen molar-refractivity contribution in [3.05, 3.63) is 73.6 Å². The van der Waals surface area contributed by atoms with Crippen molar-refractivity contribution in [3.63, 3.8) is 0 Å². The van der Waals surface area contributed by atoms with Crippen LogP contribution in [0.2, 0.25) is 10.0 Å². The minimum absolute atomic E-state index is 0.226. The highest BCUT2D eigenvalue weighted by atomic mass is 79.9. The van der Waals surface area contributed by atoms with Gasteiger partial charge in [-0.1, -0.05) is 46.5 Å². The molecule has 4 fully saturated rings. The van der Waals surface area contributed by atoms with E-state index in [1.807, 2.05) is 63.9 Å². The van der Waals surface area contributed by atoms with E-state index in [2.05, 4.69) is 78.3 Å². The Morgan fingerprint density at radius 3 is 1.85 bits per heavy atom. The molecular formula is C44H62BBrCl2N14O3S3. The van der Waals surface area contributed by atoms with Crippen molar-refractivity contribution in [1.29, 1.82) is 0 Å². The Bertz CT molecular complexity index is 2690. The van der Waals surface area contributed by atoms with Crippen molar-refractivity contribution in [1.82, 2.24) is 33.5 Å². The van der Waals surface area contributed by atoms with Crippen molar-refractivity contribution >= 4 is 108 Å². The molecule has 2 aliphatic heterocycles. The first-order valence-corrected chi connectivity index (χ1v) is 27.3. The van der Waals surface area contributed by atoms with E-state index in [0.29, 0.717) is 27.3 Å². The second-order valence-electron chi connectivity index (χ2n) is 18.9. The van der Waals surface area contributed by atoms with Gasteiger partial charge < -0.3 is 37.3 Å². The molecule has 368 valence electrons. The lowest BCUT2D eigenvalue weighted by Gasteiger charge is -2.44. The molecule has 0 aromatic carbocycles. The van der Waals surface area contributed by atoms with E-state index < -0.39 is 18.1 Å². The van der Waals surface area contributed by atoms with E-state index in [1.165, 1.54) is 43.4 Å². The quantitative estimate of drug-likeness (QED) is 0.0406. The zero-order valence-corrected chi connectivity index (χ0v) is 44.7. The molecule has 8 heterocycles. The minimum atomic E-state index is -1.43. The van der Waals surface area contributed by atoms with E-state index in [0.717, 1.165) is 113 Å². The van der Waals surface area contributed by atoms with Crippen molar-refractivity contribution in [3.8, 4) is 10.4 Å². The van der Waals surface area contributed by atoms with Crippen molar-refractivity contribution in [2.24, 2.45) is 38.7 Å². The van der Waals surface area contributed by atoms with Gasteiger partial charge in [0.15, 0.2) is 5.65 Å². The second-order valence-corrected chi connectivity index (χ2v) is 24.4. The van der Waals surface area contributed by atoms with Gasteiger partial charge in [-0.25, -0.2) is 28.9 Å². The van der Waals surface area contributed by atoms with Gasteiger partial charge in [-0.3, -0.25) is 8.80 Å². The third-order valence-corrected chi connectivity index (χ3v) is 19.2. The number of hydrogen-bond acceptors (Lipinski definition) is 14. The maximum Gasteiger partial charge on any atom is 0.500 e. The smallest absolute Gasteiger partial charge is 0.423 e. The molecule has 6 aromatic rings. The molecule has 2 saturated carbocycles. The molecule has 4 aliphatic rings. The topological polar surface area (TPSA) is 239 Å². The van der Waals surface area contributed by atoms with Gasteiger partial charge in [0.05, 0.1) is 56.9 Å². The summed E-state index contributed by atoms with van der Waals surface area (Å²) in [5.74, 6) is 10.7. The van der Waals surface area contributed by atoms with Crippen LogP contribution in [0.15, 0.2) is 62.6 Å². The largest absolute Gasteiger partial charge is 0.500 e. The summed E-state index contributed by atoms with van der Waals surface area (Å²) in [5.41, 5.74) is 11.9. The molecule has 17 nitrogen and oxygen atoms in total. The van der Waals surface area contributed by atoms with Gasteiger partial charge in [0.1, 0.15) is 5.65 Å². The van der Waals surface area contributed by atoms with Crippen LogP contribution in [0.3, 0.4) is 0 Å². The lowest BCUT2D eigenvalue weighted by atomic mass is 9.74. The van der Waals surface area contributed by atoms with E-state index in [-0.39, 0.29) is 10.2 Å². The van der Waals surface area contributed by atoms with Crippen molar-refractivity contribution in [2.75, 3.05) is 36.0 Å². The summed E-state index contributed by atoms with van der Waals surface area (Å²) in [4.78, 5) is 24.8. The Morgan fingerprint density at radius 2 is 1.35 bits per heavy atom. The first-order valence-electron chi connectivity index (χ1n) is 22.8. The number of piperidine rings is 2. The predicted octanol–water partition coefficient (Wildman–Crippen LogP) is 7.78. The van der Waals surface area contributed by atoms with Crippen LogP contribution in [0.4, 0.5) is 11.9 Å². The molecule has 0 radical (unpaired) electrons. The molecule has 2 saturated heterocycles. The molecule has 0 bridgehead atoms. The van der Waals surface area contributed by atoms with Crippen LogP contribution in [0.1, 0.15) is 96.4 Å². The van der Waals surface area contributed by atoms with Gasteiger partial charge in [0.2, 0.25) is 11.9 Å². The number of fused-ring (bicyclic) bond motifs is 2. The molecule has 6 aromatic heterocycles. The number of thiophene rings is 2. The van der Waals surface area contributed by atoms with E-state index in [1.54, 1.807) is 22.8 Å². The van der Waals surface area contributed by atoms with E-state index >= 15 is 0 Å². The van der Waals surface area contributed by atoms with Crippen LogP contribution in [-0.2, 0) is 11.0 Å². The van der Waals surface area contributed by atoms with Gasteiger partial charge in [-0.15, -0.1) is 11.3 Å². The summed E-state index contributed by atoms with van der Waals surface area (Å²) in [5, 5.41) is 27.3. The molecule has 10 rings (SSSR count). The number of hydrogen-bond donors (Lipinski definition) is 6. The maximum absolute atomic E-state index is 12.7. The lowest BCUT2D eigenvalue weighted by Crippen LogP contribution is -2.51. The number of nitrogens with one attached hydrogen (secondary N) is 1. The van der Waals surface area contributed by atoms with Gasteiger partial charge in [-0.05, 0) is 136 Å². The van der Waals surface area contributed by atoms with Crippen molar-refractivity contribution < 1.29 is 14.3 Å². The average molecular weight is 1090 g/mol. The Hall–Kier alpha value is -3.45. The van der Waals surface area contributed by atoms with Crippen LogP contribution in [0, 0.1) is 24.7 Å². The average Bonchev–Trinajstić information content (AvgIpc) is 4.20. The third-order valence-electron chi connectivity index (χ3n) is 13.9.